The van der Waals surface area contributed by atoms with Gasteiger partial charge in [-0.2, -0.15) is 0 Å². The summed E-state index contributed by atoms with van der Waals surface area (Å²) in [5, 5.41) is 9.65. The maximum atomic E-state index is 11.8. The molecular weight excluding hydrogens is 463 g/mol. The van der Waals surface area contributed by atoms with Crippen LogP contribution in [0.2, 0.25) is 0 Å². The molecule has 152 valence electrons. The molecule has 0 spiro atoms. The summed E-state index contributed by atoms with van der Waals surface area (Å²) < 4.78 is 0. The number of aliphatic imine (C=N–C) groups is 1. The van der Waals surface area contributed by atoms with Gasteiger partial charge in [-0.05, 0) is 43.5 Å². The van der Waals surface area contributed by atoms with E-state index in [2.05, 4.69) is 40.0 Å². The minimum absolute atomic E-state index is 0. The van der Waals surface area contributed by atoms with Gasteiger partial charge in [0, 0.05) is 18.7 Å². The van der Waals surface area contributed by atoms with Gasteiger partial charge < -0.3 is 16.0 Å². The quantitative estimate of drug-likeness (QED) is 0.279. The van der Waals surface area contributed by atoms with Crippen molar-refractivity contribution >= 4 is 41.5 Å². The molecule has 0 radical (unpaired) electrons. The zero-order valence-corrected chi connectivity index (χ0v) is 19.2. The molecule has 5 nitrogen and oxygen atoms in total. The fraction of sp³-hybridized carbons (Fsp3) is 0.364. The molecular formula is C22H31IN4O. The van der Waals surface area contributed by atoms with E-state index >= 15 is 0 Å². The molecule has 2 aromatic carbocycles. The zero-order valence-electron chi connectivity index (χ0n) is 16.9. The Morgan fingerprint density at radius 1 is 1.07 bits per heavy atom. The highest BCUT2D eigenvalue weighted by Gasteiger charge is 2.07. The Kier molecular flexibility index (Phi) is 11.2. The fourth-order valence-electron chi connectivity index (χ4n) is 2.72. The molecule has 0 saturated heterocycles. The van der Waals surface area contributed by atoms with Gasteiger partial charge in [0.2, 0.25) is 5.91 Å². The van der Waals surface area contributed by atoms with Crippen LogP contribution in [0.15, 0.2) is 59.6 Å². The Hall–Kier alpha value is -2.09. The van der Waals surface area contributed by atoms with Crippen LogP contribution in [-0.4, -0.2) is 18.4 Å². The van der Waals surface area contributed by atoms with Gasteiger partial charge in [0.05, 0.1) is 12.6 Å². The summed E-state index contributed by atoms with van der Waals surface area (Å²) >= 11 is 0. The Balaban J connectivity index is 0.00000392. The SMILES string of the molecule is CCCC(=O)Nc1cccc(CN=C(NCC)NC(C)c2ccccc2)c1.I. The number of nitrogens with one attached hydrogen (secondary N) is 3. The third kappa shape index (κ3) is 8.29. The van der Waals surface area contributed by atoms with E-state index in [0.29, 0.717) is 13.0 Å². The summed E-state index contributed by atoms with van der Waals surface area (Å²) in [6, 6.07) is 18.3. The fourth-order valence-corrected chi connectivity index (χ4v) is 2.72. The van der Waals surface area contributed by atoms with E-state index in [1.807, 2.05) is 56.3 Å². The predicted molar refractivity (Wildman–Crippen MR) is 128 cm³/mol. The molecule has 3 N–H and O–H groups in total. The first-order valence-electron chi connectivity index (χ1n) is 9.61. The molecule has 0 heterocycles. The standard InChI is InChI=1S/C22H30N4O.HI/c1-4-10-21(27)26-20-14-9-11-18(15-20)16-24-22(23-5-2)25-17(3)19-12-7-6-8-13-19;/h6-9,11-15,17H,4-5,10,16H2,1-3H3,(H,26,27)(H2,23,24,25);1H. The van der Waals surface area contributed by atoms with Crippen molar-refractivity contribution < 1.29 is 4.79 Å². The second kappa shape index (κ2) is 13.1. The van der Waals surface area contributed by atoms with Crippen molar-refractivity contribution in [1.29, 1.82) is 0 Å². The van der Waals surface area contributed by atoms with Gasteiger partial charge in [-0.1, -0.05) is 49.4 Å². The van der Waals surface area contributed by atoms with Crippen LogP contribution in [0.4, 0.5) is 5.69 Å². The number of hydrogen-bond acceptors (Lipinski definition) is 2. The van der Waals surface area contributed by atoms with Crippen LogP contribution in [0, 0.1) is 0 Å². The first kappa shape index (κ1) is 23.9. The van der Waals surface area contributed by atoms with E-state index in [4.69, 9.17) is 0 Å². The van der Waals surface area contributed by atoms with Crippen LogP contribution in [0.5, 0.6) is 0 Å². The summed E-state index contributed by atoms with van der Waals surface area (Å²) in [4.78, 5) is 16.5. The summed E-state index contributed by atoms with van der Waals surface area (Å²) in [6.45, 7) is 7.49. The highest BCUT2D eigenvalue weighted by atomic mass is 127. The summed E-state index contributed by atoms with van der Waals surface area (Å²) in [6.07, 6.45) is 1.38. The second-order valence-corrected chi connectivity index (χ2v) is 6.47. The number of carbonyl (C=O) groups excluding carboxylic acids is 1. The third-order valence-electron chi connectivity index (χ3n) is 4.10. The van der Waals surface area contributed by atoms with Crippen molar-refractivity contribution in [1.82, 2.24) is 10.6 Å². The molecule has 2 rings (SSSR count). The zero-order chi connectivity index (χ0) is 19.5. The van der Waals surface area contributed by atoms with E-state index in [0.717, 1.165) is 30.2 Å². The maximum Gasteiger partial charge on any atom is 0.224 e. The van der Waals surface area contributed by atoms with Crippen LogP contribution >= 0.6 is 24.0 Å². The molecule has 1 unspecified atom stereocenters. The summed E-state index contributed by atoms with van der Waals surface area (Å²) in [5.74, 6) is 0.819. The lowest BCUT2D eigenvalue weighted by Gasteiger charge is -2.18. The molecule has 0 aliphatic heterocycles. The Labute approximate surface area is 185 Å². The highest BCUT2D eigenvalue weighted by molar-refractivity contribution is 14.0. The molecule has 6 heteroatoms. The lowest BCUT2D eigenvalue weighted by Crippen LogP contribution is -2.38. The van der Waals surface area contributed by atoms with Crippen LogP contribution in [-0.2, 0) is 11.3 Å². The maximum absolute atomic E-state index is 11.8. The highest BCUT2D eigenvalue weighted by Crippen LogP contribution is 2.13. The van der Waals surface area contributed by atoms with Crippen molar-refractivity contribution in [3.05, 3.63) is 65.7 Å². The van der Waals surface area contributed by atoms with Crippen LogP contribution in [0.25, 0.3) is 0 Å². The summed E-state index contributed by atoms with van der Waals surface area (Å²) in [5.41, 5.74) is 3.08. The average molecular weight is 494 g/mol. The van der Waals surface area contributed by atoms with Crippen LogP contribution in [0.1, 0.15) is 50.8 Å². The van der Waals surface area contributed by atoms with Crippen molar-refractivity contribution in [2.45, 2.75) is 46.2 Å². The van der Waals surface area contributed by atoms with Crippen molar-refractivity contribution in [3.8, 4) is 0 Å². The number of halogens is 1. The van der Waals surface area contributed by atoms with Crippen molar-refractivity contribution in [2.24, 2.45) is 4.99 Å². The van der Waals surface area contributed by atoms with Crippen LogP contribution in [0.3, 0.4) is 0 Å². The smallest absolute Gasteiger partial charge is 0.224 e. The van der Waals surface area contributed by atoms with E-state index in [9.17, 15) is 4.79 Å². The topological polar surface area (TPSA) is 65.5 Å². The summed E-state index contributed by atoms with van der Waals surface area (Å²) in [7, 11) is 0. The molecule has 0 fully saturated rings. The lowest BCUT2D eigenvalue weighted by molar-refractivity contribution is -0.116. The van der Waals surface area contributed by atoms with Gasteiger partial charge in [-0.3, -0.25) is 4.79 Å². The molecule has 0 aliphatic rings. The van der Waals surface area contributed by atoms with Gasteiger partial charge in [-0.15, -0.1) is 24.0 Å². The number of anilines is 1. The largest absolute Gasteiger partial charge is 0.357 e. The predicted octanol–water partition coefficient (Wildman–Crippen LogP) is 4.86. The number of nitrogens with zero attached hydrogens (tertiary/aromatic N) is 1. The third-order valence-corrected chi connectivity index (χ3v) is 4.10. The van der Waals surface area contributed by atoms with Crippen LogP contribution < -0.4 is 16.0 Å². The molecule has 0 aliphatic carbocycles. The number of carbonyl (C=O) groups is 1. The lowest BCUT2D eigenvalue weighted by atomic mass is 10.1. The second-order valence-electron chi connectivity index (χ2n) is 6.47. The number of amides is 1. The molecule has 0 saturated carbocycles. The molecule has 28 heavy (non-hydrogen) atoms. The van der Waals surface area contributed by atoms with Gasteiger partial charge in [0.15, 0.2) is 5.96 Å². The van der Waals surface area contributed by atoms with E-state index in [-0.39, 0.29) is 35.9 Å². The minimum Gasteiger partial charge on any atom is -0.357 e. The van der Waals surface area contributed by atoms with Crippen molar-refractivity contribution in [3.63, 3.8) is 0 Å². The van der Waals surface area contributed by atoms with Gasteiger partial charge in [-0.25, -0.2) is 4.99 Å². The number of hydrogen-bond donors (Lipinski definition) is 3. The molecule has 0 bridgehead atoms. The van der Waals surface area contributed by atoms with E-state index in [1.165, 1.54) is 5.56 Å². The number of guanidine groups is 1. The number of rotatable bonds is 8. The molecule has 0 aromatic heterocycles. The normalized spacial score (nSPS) is 11.9. The van der Waals surface area contributed by atoms with E-state index in [1.54, 1.807) is 0 Å². The first-order chi connectivity index (χ1) is 13.1. The first-order valence-corrected chi connectivity index (χ1v) is 9.61. The van der Waals surface area contributed by atoms with E-state index < -0.39 is 0 Å². The molecule has 2 aromatic rings. The van der Waals surface area contributed by atoms with Gasteiger partial charge in [0.1, 0.15) is 0 Å². The Morgan fingerprint density at radius 3 is 2.50 bits per heavy atom. The van der Waals surface area contributed by atoms with Gasteiger partial charge in [0.25, 0.3) is 0 Å². The number of benzene rings is 2. The monoisotopic (exact) mass is 494 g/mol. The Bertz CT molecular complexity index is 749. The van der Waals surface area contributed by atoms with Gasteiger partial charge >= 0.3 is 0 Å². The molecule has 1 atom stereocenters. The van der Waals surface area contributed by atoms with Crippen molar-refractivity contribution in [2.75, 3.05) is 11.9 Å². The minimum atomic E-state index is 0. The molecule has 1 amide bonds. The Morgan fingerprint density at radius 2 is 1.82 bits per heavy atom. The average Bonchev–Trinajstić information content (AvgIpc) is 2.67.